The second kappa shape index (κ2) is 25.3. The number of piperidine rings is 1. The topological polar surface area (TPSA) is 195 Å². The van der Waals surface area contributed by atoms with Gasteiger partial charge < -0.3 is 43.9 Å². The molecule has 0 spiro atoms. The van der Waals surface area contributed by atoms with Crippen LogP contribution in [0.15, 0.2) is 35.5 Å². The minimum Gasteiger partial charge on any atom is -0.460 e. The fraction of sp³-hybridized carbons (Fsp3) is 0.784. The van der Waals surface area contributed by atoms with Crippen LogP contribution in [-0.2, 0) is 47.7 Å². The Morgan fingerprint density at radius 2 is 1.60 bits per heavy atom. The van der Waals surface area contributed by atoms with Crippen LogP contribution in [0, 0.1) is 35.5 Å². The summed E-state index contributed by atoms with van der Waals surface area (Å²) in [6.45, 7) is 12.9. The maximum atomic E-state index is 14.4. The minimum absolute atomic E-state index is 0.0914. The van der Waals surface area contributed by atoms with Gasteiger partial charge in [0.05, 0.1) is 30.5 Å². The first-order valence-electron chi connectivity index (χ1n) is 24.2. The van der Waals surface area contributed by atoms with Crippen molar-refractivity contribution in [2.75, 3.05) is 27.9 Å². The molecule has 1 amide bonds. The molecular weight excluding hydrogens is 835 g/mol. The molecule has 4 aliphatic rings. The normalized spacial score (nSPS) is 38.1. The van der Waals surface area contributed by atoms with Gasteiger partial charge in [-0.05, 0) is 120 Å². The number of allylic oxidation sites excluding steroid dienone is 4. The first kappa shape index (κ1) is 54.5. The highest BCUT2D eigenvalue weighted by Gasteiger charge is 2.53. The van der Waals surface area contributed by atoms with Crippen molar-refractivity contribution < 1.29 is 63.0 Å². The number of fused-ring (bicyclic) bond motifs is 3. The number of ether oxygens (including phenoxy) is 5. The van der Waals surface area contributed by atoms with E-state index in [2.05, 4.69) is 13.0 Å². The van der Waals surface area contributed by atoms with Crippen molar-refractivity contribution in [1.29, 1.82) is 0 Å². The van der Waals surface area contributed by atoms with E-state index in [1.54, 1.807) is 41.1 Å². The predicted molar refractivity (Wildman–Crippen MR) is 245 cm³/mol. The monoisotopic (exact) mass is 916 g/mol. The van der Waals surface area contributed by atoms with Crippen LogP contribution >= 0.6 is 0 Å². The fourth-order valence-electron chi connectivity index (χ4n) is 10.4. The molecule has 3 fully saturated rings. The SMILES string of the molecule is COC1CC2CCC(C)C(O)(O2)C(=O)C(=O)N2CCCCC2C(=O)OC(C(C)CC2CCC(O)C(OC)C2)CC(=O)C(C)=CC(C)C(O)C(OC)C(=O)C(C)CC(C)CCC=CC=C1C. The fourth-order valence-corrected chi connectivity index (χ4v) is 10.4. The lowest BCUT2D eigenvalue weighted by Gasteiger charge is -2.42. The number of Topliss-reactive ketones (excluding diaryl/α,β-unsaturated/α-hetero) is 3. The summed E-state index contributed by atoms with van der Waals surface area (Å²) >= 11 is 0. The number of aliphatic hydroxyl groups is 3. The maximum Gasteiger partial charge on any atom is 0.329 e. The van der Waals surface area contributed by atoms with Crippen LogP contribution in [0.3, 0.4) is 0 Å². The molecule has 14 heteroatoms. The standard InChI is InChI=1S/C51H81NO13/c1-30-16-12-11-13-17-31(2)42(61-8)28-38-21-19-36(7)51(60,65-38)48(57)49(58)52-23-15-14-18-39(52)50(59)64-43(33(4)26-37-20-22-40(53)44(27-37)62-9)29-41(54)32(3)25-35(6)46(56)47(63-10)45(55)34(5)24-30/h11,13,17,25,30,33-40,42-44,46-47,53,56,60H,12,14-16,18-24,26-29H2,1-10H3. The number of nitrogens with zero attached hydrogens (tertiary/aromatic N) is 1. The molecule has 1 saturated carbocycles. The van der Waals surface area contributed by atoms with Crippen LogP contribution in [0.25, 0.3) is 0 Å². The third kappa shape index (κ3) is 14.4. The van der Waals surface area contributed by atoms with Crippen LogP contribution in [-0.4, -0.2) is 132 Å². The summed E-state index contributed by atoms with van der Waals surface area (Å²) in [5, 5.41) is 33.9. The Labute approximate surface area is 387 Å². The third-order valence-electron chi connectivity index (χ3n) is 14.8. The van der Waals surface area contributed by atoms with E-state index in [-0.39, 0.29) is 60.7 Å². The van der Waals surface area contributed by atoms with E-state index in [9.17, 15) is 39.3 Å². The molecule has 3 heterocycles. The molecule has 0 aromatic rings. The number of amides is 1. The molecule has 15 unspecified atom stereocenters. The zero-order valence-corrected chi connectivity index (χ0v) is 40.9. The molecule has 0 aromatic heterocycles. The quantitative estimate of drug-likeness (QED) is 0.196. The molecule has 65 heavy (non-hydrogen) atoms. The van der Waals surface area contributed by atoms with Gasteiger partial charge in [-0.1, -0.05) is 58.9 Å². The second-order valence-electron chi connectivity index (χ2n) is 20.0. The van der Waals surface area contributed by atoms with Crippen molar-refractivity contribution in [2.24, 2.45) is 35.5 Å². The van der Waals surface area contributed by atoms with Gasteiger partial charge >= 0.3 is 5.97 Å². The van der Waals surface area contributed by atoms with E-state index in [1.165, 1.54) is 12.0 Å². The number of cyclic esters (lactones) is 1. The van der Waals surface area contributed by atoms with E-state index < -0.39 is 77.9 Å². The average Bonchev–Trinajstić information content (AvgIpc) is 3.28. The Kier molecular flexibility index (Phi) is 21.2. The molecule has 15 atom stereocenters. The zero-order valence-electron chi connectivity index (χ0n) is 40.9. The molecule has 4 rings (SSSR count). The van der Waals surface area contributed by atoms with Gasteiger partial charge in [0.1, 0.15) is 18.2 Å². The Hall–Kier alpha value is -3.11. The van der Waals surface area contributed by atoms with Gasteiger partial charge in [0.25, 0.3) is 11.7 Å². The molecule has 14 nitrogen and oxygen atoms in total. The number of esters is 1. The lowest BCUT2D eigenvalue weighted by atomic mass is 9.78. The molecular formula is C51H81NO13. The van der Waals surface area contributed by atoms with Gasteiger partial charge in [-0.25, -0.2) is 4.79 Å². The molecule has 0 radical (unpaired) electrons. The molecule has 2 saturated heterocycles. The summed E-state index contributed by atoms with van der Waals surface area (Å²) in [5.74, 6) is -7.60. The molecule has 3 aliphatic heterocycles. The predicted octanol–water partition coefficient (Wildman–Crippen LogP) is 6.40. The highest BCUT2D eigenvalue weighted by molar-refractivity contribution is 6.39. The van der Waals surface area contributed by atoms with Crippen molar-refractivity contribution in [2.45, 2.75) is 193 Å². The molecule has 2 bridgehead atoms. The number of hydrogen-bond donors (Lipinski definition) is 3. The molecule has 0 aromatic carbocycles. The molecule has 3 N–H and O–H groups in total. The summed E-state index contributed by atoms with van der Waals surface area (Å²) < 4.78 is 29.4. The van der Waals surface area contributed by atoms with Crippen molar-refractivity contribution in [3.8, 4) is 0 Å². The number of carbonyl (C=O) groups is 5. The first-order chi connectivity index (χ1) is 30.7. The van der Waals surface area contributed by atoms with Crippen LogP contribution in [0.2, 0.25) is 0 Å². The van der Waals surface area contributed by atoms with Crippen molar-refractivity contribution in [3.05, 3.63) is 35.5 Å². The highest BCUT2D eigenvalue weighted by atomic mass is 16.6. The Bertz CT molecular complexity index is 1710. The van der Waals surface area contributed by atoms with Crippen molar-refractivity contribution >= 4 is 29.2 Å². The van der Waals surface area contributed by atoms with Crippen LogP contribution < -0.4 is 0 Å². The Morgan fingerprint density at radius 1 is 0.877 bits per heavy atom. The van der Waals surface area contributed by atoms with E-state index in [1.807, 2.05) is 32.9 Å². The van der Waals surface area contributed by atoms with Crippen LogP contribution in [0.5, 0.6) is 0 Å². The van der Waals surface area contributed by atoms with E-state index >= 15 is 0 Å². The van der Waals surface area contributed by atoms with Gasteiger partial charge in [-0.2, -0.15) is 0 Å². The summed E-state index contributed by atoms with van der Waals surface area (Å²) in [6, 6.07) is -1.14. The Balaban J connectivity index is 1.69. The number of hydrogen-bond acceptors (Lipinski definition) is 13. The molecule has 368 valence electrons. The van der Waals surface area contributed by atoms with Gasteiger partial charge in [0.2, 0.25) is 5.79 Å². The minimum atomic E-state index is -2.42. The number of carbonyl (C=O) groups excluding carboxylic acids is 5. The van der Waals surface area contributed by atoms with Gasteiger partial charge in [-0.3, -0.25) is 19.2 Å². The van der Waals surface area contributed by atoms with Crippen molar-refractivity contribution in [1.82, 2.24) is 4.90 Å². The smallest absolute Gasteiger partial charge is 0.329 e. The largest absolute Gasteiger partial charge is 0.460 e. The highest BCUT2D eigenvalue weighted by Crippen LogP contribution is 2.38. The first-order valence-corrected chi connectivity index (χ1v) is 24.2. The molecule has 1 aliphatic carbocycles. The van der Waals surface area contributed by atoms with Gasteiger partial charge in [-0.15, -0.1) is 0 Å². The lowest BCUT2D eigenvalue weighted by molar-refractivity contribution is -0.265. The third-order valence-corrected chi connectivity index (χ3v) is 14.8. The van der Waals surface area contributed by atoms with E-state index in [0.717, 1.165) is 24.8 Å². The van der Waals surface area contributed by atoms with Gasteiger partial charge in [0.15, 0.2) is 11.6 Å². The zero-order chi connectivity index (χ0) is 48.2. The van der Waals surface area contributed by atoms with E-state index in [0.29, 0.717) is 63.4 Å². The second-order valence-corrected chi connectivity index (χ2v) is 20.0. The number of ketones is 3. The maximum absolute atomic E-state index is 14.4. The van der Waals surface area contributed by atoms with Crippen molar-refractivity contribution in [3.63, 3.8) is 0 Å². The van der Waals surface area contributed by atoms with Gasteiger partial charge in [0, 0.05) is 58.5 Å². The van der Waals surface area contributed by atoms with Crippen LogP contribution in [0.1, 0.15) is 138 Å². The van der Waals surface area contributed by atoms with Crippen LogP contribution in [0.4, 0.5) is 0 Å². The number of methoxy groups -OCH3 is 3. The summed E-state index contributed by atoms with van der Waals surface area (Å²) in [7, 11) is 4.56. The Morgan fingerprint density at radius 3 is 2.28 bits per heavy atom. The number of rotatable bonds is 6. The lowest BCUT2D eigenvalue weighted by Crippen LogP contribution is -2.61. The summed E-state index contributed by atoms with van der Waals surface area (Å²) in [5.41, 5.74) is 1.23. The van der Waals surface area contributed by atoms with E-state index in [4.69, 9.17) is 23.7 Å². The summed E-state index contributed by atoms with van der Waals surface area (Å²) in [4.78, 5) is 71.8. The number of aliphatic hydroxyl groups excluding tert-OH is 2. The summed E-state index contributed by atoms with van der Waals surface area (Å²) in [6.07, 6.45) is 9.51. The average molecular weight is 916 g/mol.